The molecule has 4 rings (SSSR count). The summed E-state index contributed by atoms with van der Waals surface area (Å²) in [5.74, 6) is 0.289. The van der Waals surface area contributed by atoms with Gasteiger partial charge >= 0.3 is 0 Å². The van der Waals surface area contributed by atoms with E-state index in [1.165, 1.54) is 27.7 Å². The maximum absolute atomic E-state index is 10.7. The van der Waals surface area contributed by atoms with Gasteiger partial charge in [-0.25, -0.2) is 0 Å². The number of rotatable bonds is 4. The van der Waals surface area contributed by atoms with E-state index < -0.39 is 0 Å². The number of hydrogen-bond donors (Lipinski definition) is 1. The van der Waals surface area contributed by atoms with Crippen molar-refractivity contribution >= 4 is 10.9 Å². The average Bonchev–Trinajstić information content (AvgIpc) is 2.90. The molecular weight excluding hydrogens is 320 g/mol. The standard InChI is InChI=1S/C23H28N2O/c1-17-21(20-10-6-7-11-22(20)24(17)2)14-19-16-25(13-12-23(19)26)15-18-8-4-3-5-9-18/h3-11,19,23,26H,12-16H2,1-2H3. The lowest BCUT2D eigenvalue weighted by Crippen LogP contribution is -2.43. The van der Waals surface area contributed by atoms with E-state index in [2.05, 4.69) is 78.0 Å². The smallest absolute Gasteiger partial charge is 0.0596 e. The van der Waals surface area contributed by atoms with Crippen molar-refractivity contribution in [1.82, 2.24) is 9.47 Å². The van der Waals surface area contributed by atoms with Crippen LogP contribution in [0.25, 0.3) is 10.9 Å². The molecule has 3 nitrogen and oxygen atoms in total. The van der Waals surface area contributed by atoms with E-state index in [-0.39, 0.29) is 12.0 Å². The molecule has 0 spiro atoms. The molecule has 2 atom stereocenters. The Hall–Kier alpha value is -2.10. The first-order valence-corrected chi connectivity index (χ1v) is 9.60. The number of aryl methyl sites for hydroxylation is 1. The predicted molar refractivity (Wildman–Crippen MR) is 107 cm³/mol. The first kappa shape index (κ1) is 17.3. The minimum atomic E-state index is -0.208. The minimum absolute atomic E-state index is 0.208. The van der Waals surface area contributed by atoms with Gasteiger partial charge < -0.3 is 9.67 Å². The molecule has 1 aliphatic rings. The van der Waals surface area contributed by atoms with Crippen molar-refractivity contribution in [1.29, 1.82) is 0 Å². The summed E-state index contributed by atoms with van der Waals surface area (Å²) in [5.41, 5.74) is 5.35. The molecule has 3 aromatic rings. The number of likely N-dealkylation sites (tertiary alicyclic amines) is 1. The van der Waals surface area contributed by atoms with Crippen LogP contribution in [-0.2, 0) is 20.0 Å². The van der Waals surface area contributed by atoms with Crippen molar-refractivity contribution in [2.75, 3.05) is 13.1 Å². The van der Waals surface area contributed by atoms with Gasteiger partial charge in [-0.2, -0.15) is 0 Å². The molecular formula is C23H28N2O. The predicted octanol–water partition coefficient (Wildman–Crippen LogP) is 3.91. The van der Waals surface area contributed by atoms with E-state index >= 15 is 0 Å². The molecule has 1 saturated heterocycles. The zero-order valence-electron chi connectivity index (χ0n) is 15.7. The number of aliphatic hydroxyl groups is 1. The minimum Gasteiger partial charge on any atom is -0.393 e. The molecule has 0 aliphatic carbocycles. The van der Waals surface area contributed by atoms with E-state index in [4.69, 9.17) is 0 Å². The second-order valence-electron chi connectivity index (χ2n) is 7.68. The van der Waals surface area contributed by atoms with Crippen LogP contribution < -0.4 is 0 Å². The SMILES string of the molecule is Cc1c(CC2CN(Cc3ccccc3)CCC2O)c2ccccc2n1C. The fourth-order valence-electron chi connectivity index (χ4n) is 4.40. The zero-order valence-corrected chi connectivity index (χ0v) is 15.7. The summed E-state index contributed by atoms with van der Waals surface area (Å²) in [4.78, 5) is 2.49. The summed E-state index contributed by atoms with van der Waals surface area (Å²) in [5, 5.41) is 12.0. The van der Waals surface area contributed by atoms with E-state index in [1.54, 1.807) is 0 Å². The third-order valence-electron chi connectivity index (χ3n) is 6.02. The van der Waals surface area contributed by atoms with Crippen molar-refractivity contribution in [3.05, 3.63) is 71.4 Å². The number of aliphatic hydroxyl groups excluding tert-OH is 1. The summed E-state index contributed by atoms with van der Waals surface area (Å²) in [6.07, 6.45) is 1.60. The molecule has 2 heterocycles. The molecule has 0 amide bonds. The number of fused-ring (bicyclic) bond motifs is 1. The summed E-state index contributed by atoms with van der Waals surface area (Å²) < 4.78 is 2.28. The van der Waals surface area contributed by atoms with Gasteiger partial charge in [0.15, 0.2) is 0 Å². The molecule has 2 aromatic carbocycles. The van der Waals surface area contributed by atoms with Crippen molar-refractivity contribution in [2.45, 2.75) is 32.4 Å². The molecule has 1 N–H and O–H groups in total. The fraction of sp³-hybridized carbons (Fsp3) is 0.391. The summed E-state index contributed by atoms with van der Waals surface area (Å²) >= 11 is 0. The molecule has 0 saturated carbocycles. The van der Waals surface area contributed by atoms with Gasteiger partial charge in [0.05, 0.1) is 6.10 Å². The first-order chi connectivity index (χ1) is 12.6. The third kappa shape index (κ3) is 3.29. The largest absolute Gasteiger partial charge is 0.393 e. The Kier molecular flexibility index (Phi) is 4.84. The molecule has 1 fully saturated rings. The maximum atomic E-state index is 10.7. The lowest BCUT2D eigenvalue weighted by atomic mass is 9.87. The fourth-order valence-corrected chi connectivity index (χ4v) is 4.40. The van der Waals surface area contributed by atoms with E-state index in [9.17, 15) is 5.11 Å². The van der Waals surface area contributed by atoms with Gasteiger partial charge in [-0.3, -0.25) is 4.90 Å². The molecule has 0 bridgehead atoms. The highest BCUT2D eigenvalue weighted by Crippen LogP contribution is 2.30. The second kappa shape index (κ2) is 7.26. The van der Waals surface area contributed by atoms with Crippen LogP contribution in [0.1, 0.15) is 23.2 Å². The van der Waals surface area contributed by atoms with E-state index in [1.807, 2.05) is 0 Å². The van der Waals surface area contributed by atoms with Crippen LogP contribution in [0.15, 0.2) is 54.6 Å². The summed E-state index contributed by atoms with van der Waals surface area (Å²) in [7, 11) is 2.14. The Morgan fingerprint density at radius 3 is 2.58 bits per heavy atom. The van der Waals surface area contributed by atoms with Crippen LogP contribution in [-0.4, -0.2) is 33.8 Å². The molecule has 3 heteroatoms. The van der Waals surface area contributed by atoms with Gasteiger partial charge in [0.1, 0.15) is 0 Å². The Balaban J connectivity index is 1.54. The van der Waals surface area contributed by atoms with Crippen LogP contribution in [0.2, 0.25) is 0 Å². The van der Waals surface area contributed by atoms with Gasteiger partial charge in [0.25, 0.3) is 0 Å². The quantitative estimate of drug-likeness (QED) is 0.774. The van der Waals surface area contributed by atoms with Gasteiger partial charge in [-0.05, 0) is 37.0 Å². The highest BCUT2D eigenvalue weighted by molar-refractivity contribution is 5.85. The van der Waals surface area contributed by atoms with Crippen LogP contribution in [0.5, 0.6) is 0 Å². The van der Waals surface area contributed by atoms with E-state index in [0.717, 1.165) is 32.5 Å². The van der Waals surface area contributed by atoms with Gasteiger partial charge in [-0.15, -0.1) is 0 Å². The molecule has 26 heavy (non-hydrogen) atoms. The van der Waals surface area contributed by atoms with Crippen LogP contribution in [0.3, 0.4) is 0 Å². The lowest BCUT2D eigenvalue weighted by Gasteiger charge is -2.36. The van der Waals surface area contributed by atoms with Crippen molar-refractivity contribution < 1.29 is 5.11 Å². The first-order valence-electron chi connectivity index (χ1n) is 9.60. The van der Waals surface area contributed by atoms with Crippen LogP contribution >= 0.6 is 0 Å². The van der Waals surface area contributed by atoms with E-state index in [0.29, 0.717) is 0 Å². The van der Waals surface area contributed by atoms with Crippen LogP contribution in [0.4, 0.5) is 0 Å². The van der Waals surface area contributed by atoms with Gasteiger partial charge in [-0.1, -0.05) is 48.5 Å². The Morgan fingerprint density at radius 1 is 1.04 bits per heavy atom. The molecule has 1 aliphatic heterocycles. The number of piperidine rings is 1. The monoisotopic (exact) mass is 348 g/mol. The van der Waals surface area contributed by atoms with Crippen molar-refractivity contribution in [2.24, 2.45) is 13.0 Å². The maximum Gasteiger partial charge on any atom is 0.0596 e. The molecule has 0 radical (unpaired) electrons. The number of nitrogens with zero attached hydrogens (tertiary/aromatic N) is 2. The lowest BCUT2D eigenvalue weighted by molar-refractivity contribution is 0.0240. The summed E-state index contributed by atoms with van der Waals surface area (Å²) in [6.45, 7) is 5.10. The number of aromatic nitrogens is 1. The van der Waals surface area contributed by atoms with Crippen molar-refractivity contribution in [3.63, 3.8) is 0 Å². The topological polar surface area (TPSA) is 28.4 Å². The zero-order chi connectivity index (χ0) is 18.1. The Bertz CT molecular complexity index is 884. The van der Waals surface area contributed by atoms with Crippen LogP contribution in [0, 0.1) is 12.8 Å². The van der Waals surface area contributed by atoms with Gasteiger partial charge in [0.2, 0.25) is 0 Å². The van der Waals surface area contributed by atoms with Gasteiger partial charge in [0, 0.05) is 49.2 Å². The third-order valence-corrected chi connectivity index (χ3v) is 6.02. The second-order valence-corrected chi connectivity index (χ2v) is 7.68. The number of hydrogen-bond acceptors (Lipinski definition) is 2. The highest BCUT2D eigenvalue weighted by atomic mass is 16.3. The average molecular weight is 348 g/mol. The highest BCUT2D eigenvalue weighted by Gasteiger charge is 2.29. The number of benzene rings is 2. The Morgan fingerprint density at radius 2 is 1.77 bits per heavy atom. The molecule has 2 unspecified atom stereocenters. The number of para-hydroxylation sites is 1. The Labute approximate surface area is 155 Å². The molecule has 136 valence electrons. The summed E-state index contributed by atoms with van der Waals surface area (Å²) in [6, 6.07) is 19.3. The normalized spacial score (nSPS) is 21.3. The van der Waals surface area contributed by atoms with Crippen molar-refractivity contribution in [3.8, 4) is 0 Å². The molecule has 1 aromatic heterocycles.